The molecular formula is C21H19N9O2. The van der Waals surface area contributed by atoms with Crippen LogP contribution in [0.2, 0.25) is 0 Å². The molecule has 0 amide bonds. The molecule has 0 unspecified atom stereocenters. The average molecular weight is 429 g/mol. The number of carbonyl (C=O) groups excluding carboxylic acids is 1. The van der Waals surface area contributed by atoms with E-state index in [0.717, 1.165) is 11.4 Å². The molecule has 0 radical (unpaired) electrons. The second kappa shape index (κ2) is 8.19. The summed E-state index contributed by atoms with van der Waals surface area (Å²) in [5.74, 6) is 0.420. The lowest BCUT2D eigenvalue weighted by atomic mass is 10.1. The third-order valence-corrected chi connectivity index (χ3v) is 4.65. The van der Waals surface area contributed by atoms with Crippen LogP contribution in [0.3, 0.4) is 0 Å². The summed E-state index contributed by atoms with van der Waals surface area (Å²) in [5.41, 5.74) is 9.10. The van der Waals surface area contributed by atoms with E-state index in [1.54, 1.807) is 18.2 Å². The Labute approximate surface area is 182 Å². The Bertz CT molecular complexity index is 1340. The van der Waals surface area contributed by atoms with Crippen molar-refractivity contribution in [3.05, 3.63) is 59.2 Å². The van der Waals surface area contributed by atoms with Gasteiger partial charge in [-0.25, -0.2) is 14.8 Å². The third-order valence-electron chi connectivity index (χ3n) is 4.65. The number of para-hydroxylation sites is 1. The zero-order valence-electron chi connectivity index (χ0n) is 17.5. The van der Waals surface area contributed by atoms with Gasteiger partial charge in [-0.15, -0.1) is 5.10 Å². The second-order valence-corrected chi connectivity index (χ2v) is 6.90. The number of rotatable bonds is 5. The molecule has 0 atom stereocenters. The maximum Gasteiger partial charge on any atom is 0.357 e. The number of H-pyrrole nitrogens is 1. The van der Waals surface area contributed by atoms with E-state index < -0.39 is 5.97 Å². The van der Waals surface area contributed by atoms with E-state index in [1.165, 1.54) is 17.9 Å². The standard InChI is InChI=1S/C21H19N9O2/c1-11-8-12(2)25-20(24-11)27-21-26-18(28-29-21)14-6-4-5-7-15(14)30-10-13(9-22)16(23)17(30)19(31)32-3/h4-8,10H,23H2,1-3H3,(H2,24,25,26,27,28,29). The highest BCUT2D eigenvalue weighted by Gasteiger charge is 2.23. The lowest BCUT2D eigenvalue weighted by Crippen LogP contribution is -2.11. The predicted molar refractivity (Wildman–Crippen MR) is 116 cm³/mol. The number of aryl methyl sites for hydroxylation is 2. The average Bonchev–Trinajstić information content (AvgIpc) is 3.36. The molecule has 3 heterocycles. The Morgan fingerprint density at radius 3 is 2.59 bits per heavy atom. The summed E-state index contributed by atoms with van der Waals surface area (Å²) < 4.78 is 6.38. The molecule has 11 heteroatoms. The smallest absolute Gasteiger partial charge is 0.357 e. The summed E-state index contributed by atoms with van der Waals surface area (Å²) >= 11 is 0. The fourth-order valence-corrected chi connectivity index (χ4v) is 3.31. The number of anilines is 3. The number of ether oxygens (including phenoxy) is 1. The molecule has 0 bridgehead atoms. The maximum atomic E-state index is 12.4. The first-order chi connectivity index (χ1) is 15.4. The van der Waals surface area contributed by atoms with Gasteiger partial charge in [-0.3, -0.25) is 10.4 Å². The number of benzene rings is 1. The van der Waals surface area contributed by atoms with Gasteiger partial charge in [-0.2, -0.15) is 10.2 Å². The summed E-state index contributed by atoms with van der Waals surface area (Å²) in [6.45, 7) is 3.74. The van der Waals surface area contributed by atoms with Crippen LogP contribution >= 0.6 is 0 Å². The van der Waals surface area contributed by atoms with Gasteiger partial charge in [-0.1, -0.05) is 12.1 Å². The minimum absolute atomic E-state index is 0.0426. The van der Waals surface area contributed by atoms with Gasteiger partial charge in [0.2, 0.25) is 11.9 Å². The summed E-state index contributed by atoms with van der Waals surface area (Å²) in [4.78, 5) is 25.5. The number of methoxy groups -OCH3 is 1. The number of aromatic nitrogens is 6. The summed E-state index contributed by atoms with van der Waals surface area (Å²) in [5, 5.41) is 19.4. The van der Waals surface area contributed by atoms with E-state index in [2.05, 4.69) is 30.5 Å². The second-order valence-electron chi connectivity index (χ2n) is 6.90. The molecule has 0 aliphatic rings. The first-order valence-electron chi connectivity index (χ1n) is 9.52. The Morgan fingerprint density at radius 1 is 1.19 bits per heavy atom. The number of hydrogen-bond donors (Lipinski definition) is 3. The molecule has 1 aromatic carbocycles. The van der Waals surface area contributed by atoms with Gasteiger partial charge < -0.3 is 15.0 Å². The van der Waals surface area contributed by atoms with Crippen molar-refractivity contribution in [2.45, 2.75) is 13.8 Å². The molecule has 0 spiro atoms. The number of esters is 1. The van der Waals surface area contributed by atoms with E-state index in [9.17, 15) is 10.1 Å². The minimum atomic E-state index is -0.661. The molecule has 0 aliphatic heterocycles. The number of aromatic amines is 1. The lowest BCUT2D eigenvalue weighted by Gasteiger charge is -2.12. The van der Waals surface area contributed by atoms with Crippen LogP contribution < -0.4 is 11.1 Å². The number of nitriles is 1. The monoisotopic (exact) mass is 429 g/mol. The number of hydrogen-bond acceptors (Lipinski definition) is 9. The van der Waals surface area contributed by atoms with E-state index in [0.29, 0.717) is 23.0 Å². The van der Waals surface area contributed by atoms with Crippen molar-refractivity contribution in [2.75, 3.05) is 18.2 Å². The van der Waals surface area contributed by atoms with E-state index in [4.69, 9.17) is 10.5 Å². The number of nitrogens with two attached hydrogens (primary N) is 1. The fourth-order valence-electron chi connectivity index (χ4n) is 3.31. The quantitative estimate of drug-likeness (QED) is 0.405. The molecule has 160 valence electrons. The largest absolute Gasteiger partial charge is 0.464 e. The maximum absolute atomic E-state index is 12.4. The summed E-state index contributed by atoms with van der Waals surface area (Å²) in [7, 11) is 1.25. The highest BCUT2D eigenvalue weighted by Crippen LogP contribution is 2.30. The topological polar surface area (TPSA) is 160 Å². The molecule has 0 fully saturated rings. The van der Waals surface area contributed by atoms with Crippen LogP contribution in [0.1, 0.15) is 27.4 Å². The Morgan fingerprint density at radius 2 is 1.91 bits per heavy atom. The normalized spacial score (nSPS) is 10.6. The zero-order chi connectivity index (χ0) is 22.8. The van der Waals surface area contributed by atoms with Crippen molar-refractivity contribution >= 4 is 23.6 Å². The summed E-state index contributed by atoms with van der Waals surface area (Å²) in [6, 6.07) is 11.0. The molecular weight excluding hydrogens is 410 g/mol. The van der Waals surface area contributed by atoms with Crippen LogP contribution in [0.25, 0.3) is 17.1 Å². The van der Waals surface area contributed by atoms with Crippen LogP contribution in [0, 0.1) is 25.2 Å². The molecule has 0 saturated carbocycles. The third kappa shape index (κ3) is 3.72. The first kappa shape index (κ1) is 20.5. The van der Waals surface area contributed by atoms with Gasteiger partial charge in [0.25, 0.3) is 0 Å². The SMILES string of the molecule is COC(=O)c1c(N)c(C#N)cn1-c1ccccc1-c1nc(Nc2nc(C)cc(C)n2)n[nH]1. The van der Waals surface area contributed by atoms with Crippen molar-refractivity contribution in [1.29, 1.82) is 5.26 Å². The lowest BCUT2D eigenvalue weighted by molar-refractivity contribution is 0.0593. The molecule has 4 N–H and O–H groups in total. The van der Waals surface area contributed by atoms with E-state index >= 15 is 0 Å². The highest BCUT2D eigenvalue weighted by atomic mass is 16.5. The van der Waals surface area contributed by atoms with Crippen molar-refractivity contribution in [2.24, 2.45) is 0 Å². The minimum Gasteiger partial charge on any atom is -0.464 e. The van der Waals surface area contributed by atoms with Crippen molar-refractivity contribution < 1.29 is 9.53 Å². The first-order valence-corrected chi connectivity index (χ1v) is 9.52. The van der Waals surface area contributed by atoms with E-state index in [-0.39, 0.29) is 22.9 Å². The van der Waals surface area contributed by atoms with Crippen molar-refractivity contribution in [3.63, 3.8) is 0 Å². The molecule has 0 saturated heterocycles. The molecule has 32 heavy (non-hydrogen) atoms. The van der Waals surface area contributed by atoms with Crippen LogP contribution in [-0.4, -0.2) is 42.8 Å². The zero-order valence-corrected chi connectivity index (χ0v) is 17.5. The Hall–Kier alpha value is -4.72. The van der Waals surface area contributed by atoms with Gasteiger partial charge in [0, 0.05) is 23.1 Å². The van der Waals surface area contributed by atoms with Crippen LogP contribution in [0.4, 0.5) is 17.6 Å². The Balaban J connectivity index is 1.77. The highest BCUT2D eigenvalue weighted by molar-refractivity contribution is 5.96. The van der Waals surface area contributed by atoms with Crippen molar-refractivity contribution in [1.82, 2.24) is 29.7 Å². The molecule has 4 rings (SSSR count). The Kier molecular flexibility index (Phi) is 5.26. The van der Waals surface area contributed by atoms with Gasteiger partial charge in [0.15, 0.2) is 11.5 Å². The number of nitrogens with zero attached hydrogens (tertiary/aromatic N) is 6. The molecule has 11 nitrogen and oxygen atoms in total. The number of nitrogens with one attached hydrogen (secondary N) is 2. The van der Waals surface area contributed by atoms with Gasteiger partial charge in [-0.05, 0) is 32.0 Å². The van der Waals surface area contributed by atoms with Crippen LogP contribution in [0.5, 0.6) is 0 Å². The van der Waals surface area contributed by atoms with Gasteiger partial charge in [0.05, 0.1) is 24.0 Å². The number of nitrogen functional groups attached to an aromatic ring is 1. The van der Waals surface area contributed by atoms with Crippen molar-refractivity contribution in [3.8, 4) is 23.1 Å². The van der Waals surface area contributed by atoms with Crippen LogP contribution in [0.15, 0.2) is 36.5 Å². The molecule has 3 aromatic heterocycles. The van der Waals surface area contributed by atoms with Gasteiger partial charge in [0.1, 0.15) is 6.07 Å². The fraction of sp³-hybridized carbons (Fsp3) is 0.143. The molecule has 0 aliphatic carbocycles. The van der Waals surface area contributed by atoms with E-state index in [1.807, 2.05) is 32.0 Å². The predicted octanol–water partition coefficient (Wildman–Crippen LogP) is 2.65. The summed E-state index contributed by atoms with van der Waals surface area (Å²) in [6.07, 6.45) is 1.49. The van der Waals surface area contributed by atoms with Crippen LogP contribution in [-0.2, 0) is 4.74 Å². The number of carbonyl (C=O) groups is 1. The molecule has 4 aromatic rings. The van der Waals surface area contributed by atoms with Gasteiger partial charge >= 0.3 is 5.97 Å².